The maximum atomic E-state index is 13.3. The molecule has 3 aromatic carbocycles. The van der Waals surface area contributed by atoms with E-state index in [0.717, 1.165) is 0 Å². The highest BCUT2D eigenvalue weighted by molar-refractivity contribution is 6.33. The molecule has 0 atom stereocenters. The summed E-state index contributed by atoms with van der Waals surface area (Å²) in [7, 11) is 0. The van der Waals surface area contributed by atoms with Gasteiger partial charge < -0.3 is 10.6 Å². The summed E-state index contributed by atoms with van der Waals surface area (Å²) in [5.74, 6) is -2.16. The Morgan fingerprint density at radius 2 is 1.42 bits per heavy atom. The lowest BCUT2D eigenvalue weighted by molar-refractivity contribution is -0.113. The summed E-state index contributed by atoms with van der Waals surface area (Å²) in [6.07, 6.45) is 0. The van der Waals surface area contributed by atoms with Crippen molar-refractivity contribution in [3.63, 3.8) is 0 Å². The lowest BCUT2D eigenvalue weighted by atomic mass is 9.82. The quantitative estimate of drug-likeness (QED) is 0.444. The van der Waals surface area contributed by atoms with Crippen molar-refractivity contribution >= 4 is 58.0 Å². The molecule has 31 heavy (non-hydrogen) atoms. The van der Waals surface area contributed by atoms with Crippen molar-refractivity contribution < 1.29 is 19.2 Å². The molecule has 8 heteroatoms. The molecule has 0 unspecified atom stereocenters. The minimum Gasteiger partial charge on any atom is -0.323 e. The van der Waals surface area contributed by atoms with Crippen molar-refractivity contribution in [3.8, 4) is 0 Å². The highest BCUT2D eigenvalue weighted by Crippen LogP contribution is 2.37. The fourth-order valence-electron chi connectivity index (χ4n) is 3.39. The third kappa shape index (κ3) is 3.83. The molecule has 0 aliphatic heterocycles. The van der Waals surface area contributed by atoms with E-state index in [1.165, 1.54) is 24.3 Å². The number of amides is 2. The summed E-state index contributed by atoms with van der Waals surface area (Å²) in [5, 5.41) is 5.70. The fraction of sp³-hybridized carbons (Fsp3) is 0.0435. The van der Waals surface area contributed by atoms with Gasteiger partial charge in [-0.25, -0.2) is 0 Å². The summed E-state index contributed by atoms with van der Waals surface area (Å²) in [6, 6.07) is 15.5. The first-order valence-corrected chi connectivity index (χ1v) is 10.1. The van der Waals surface area contributed by atoms with Crippen molar-refractivity contribution in [2.45, 2.75) is 0 Å². The van der Waals surface area contributed by atoms with Crippen LogP contribution in [0.5, 0.6) is 0 Å². The molecule has 3 aromatic rings. The average molecular weight is 453 g/mol. The minimum atomic E-state index is -0.537. The van der Waals surface area contributed by atoms with Gasteiger partial charge in [-0.3, -0.25) is 19.2 Å². The van der Waals surface area contributed by atoms with Gasteiger partial charge in [0.05, 0.1) is 16.9 Å². The molecular formula is C23H14Cl2N2O4. The second-order valence-corrected chi connectivity index (χ2v) is 7.46. The van der Waals surface area contributed by atoms with E-state index in [1.807, 2.05) is 0 Å². The molecule has 0 saturated heterocycles. The third-order valence-corrected chi connectivity index (χ3v) is 5.33. The van der Waals surface area contributed by atoms with E-state index in [-0.39, 0.29) is 50.9 Å². The number of ketones is 2. The zero-order valence-electron chi connectivity index (χ0n) is 15.9. The zero-order chi connectivity index (χ0) is 22.1. The van der Waals surface area contributed by atoms with Crippen molar-refractivity contribution in [2.24, 2.45) is 0 Å². The van der Waals surface area contributed by atoms with Crippen LogP contribution >= 0.6 is 23.2 Å². The number of alkyl halides is 1. The summed E-state index contributed by atoms with van der Waals surface area (Å²) < 4.78 is 0. The first-order chi connectivity index (χ1) is 14.9. The predicted molar refractivity (Wildman–Crippen MR) is 119 cm³/mol. The molecule has 2 amide bonds. The van der Waals surface area contributed by atoms with Gasteiger partial charge in [0.1, 0.15) is 5.88 Å². The number of fused-ring (bicyclic) bond motifs is 2. The van der Waals surface area contributed by atoms with Gasteiger partial charge in [-0.05, 0) is 36.4 Å². The Balaban J connectivity index is 1.86. The van der Waals surface area contributed by atoms with Crippen molar-refractivity contribution in [1.82, 2.24) is 0 Å². The Labute approximate surface area is 187 Å². The maximum absolute atomic E-state index is 13.3. The van der Waals surface area contributed by atoms with Crippen molar-refractivity contribution in [2.75, 3.05) is 16.5 Å². The van der Waals surface area contributed by atoms with Crippen LogP contribution in [-0.2, 0) is 4.79 Å². The van der Waals surface area contributed by atoms with Gasteiger partial charge in [-0.2, -0.15) is 0 Å². The molecule has 0 radical (unpaired) electrons. The maximum Gasteiger partial charge on any atom is 0.255 e. The molecule has 154 valence electrons. The van der Waals surface area contributed by atoms with Crippen LogP contribution in [0.25, 0.3) is 0 Å². The molecule has 0 spiro atoms. The molecule has 6 nitrogen and oxygen atoms in total. The van der Waals surface area contributed by atoms with Gasteiger partial charge in [0.25, 0.3) is 5.91 Å². The van der Waals surface area contributed by atoms with E-state index >= 15 is 0 Å². The molecule has 0 fully saturated rings. The molecule has 2 N–H and O–H groups in total. The largest absolute Gasteiger partial charge is 0.323 e. The van der Waals surface area contributed by atoms with Gasteiger partial charge in [-0.15, -0.1) is 11.6 Å². The topological polar surface area (TPSA) is 92.3 Å². The van der Waals surface area contributed by atoms with Crippen molar-refractivity contribution in [3.05, 3.63) is 93.5 Å². The number of hydrogen-bond donors (Lipinski definition) is 2. The third-order valence-electron chi connectivity index (χ3n) is 4.83. The number of hydrogen-bond acceptors (Lipinski definition) is 4. The van der Waals surface area contributed by atoms with Crippen LogP contribution in [0.2, 0.25) is 5.02 Å². The van der Waals surface area contributed by atoms with Gasteiger partial charge in [0.2, 0.25) is 5.91 Å². The highest BCUT2D eigenvalue weighted by atomic mass is 35.5. The number of rotatable bonds is 4. The van der Waals surface area contributed by atoms with E-state index in [1.54, 1.807) is 36.4 Å². The number of carbonyl (C=O) groups is 4. The Kier molecular flexibility index (Phi) is 5.59. The lowest BCUT2D eigenvalue weighted by Gasteiger charge is -2.23. The Bertz CT molecular complexity index is 1250. The summed E-state index contributed by atoms with van der Waals surface area (Å²) in [6.45, 7) is 0. The second-order valence-electron chi connectivity index (χ2n) is 6.76. The van der Waals surface area contributed by atoms with Gasteiger partial charge in [0.15, 0.2) is 11.6 Å². The van der Waals surface area contributed by atoms with E-state index in [2.05, 4.69) is 10.6 Å². The van der Waals surface area contributed by atoms with Crippen LogP contribution in [0.4, 0.5) is 11.4 Å². The fourth-order valence-corrected chi connectivity index (χ4v) is 3.58. The molecule has 0 bridgehead atoms. The van der Waals surface area contributed by atoms with Crippen LogP contribution in [-0.4, -0.2) is 29.3 Å². The van der Waals surface area contributed by atoms with E-state index in [9.17, 15) is 19.2 Å². The monoisotopic (exact) mass is 452 g/mol. The van der Waals surface area contributed by atoms with Crippen LogP contribution in [0, 0.1) is 0 Å². The number of anilines is 2. The van der Waals surface area contributed by atoms with Crippen LogP contribution < -0.4 is 10.6 Å². The van der Waals surface area contributed by atoms with E-state index in [4.69, 9.17) is 23.2 Å². The predicted octanol–water partition coefficient (Wildman–Crippen LogP) is 4.55. The van der Waals surface area contributed by atoms with Crippen LogP contribution in [0.15, 0.2) is 60.7 Å². The summed E-state index contributed by atoms with van der Waals surface area (Å²) in [5.41, 5.74) is 1.13. The van der Waals surface area contributed by atoms with Gasteiger partial charge in [0, 0.05) is 27.3 Å². The molecule has 0 saturated carbocycles. The standard InChI is InChI=1S/C23H14Cl2N2O4/c24-11-18(28)26-17-10-9-16-19(22(30)15-4-2-1-3-14(15)21(16)29)20(17)27-23(31)12-5-7-13(25)8-6-12/h1-10H,11H2,(H,26,28)(H,27,31). The smallest absolute Gasteiger partial charge is 0.255 e. The number of carbonyl (C=O) groups excluding carboxylic acids is 4. The molecule has 4 rings (SSSR count). The number of halogens is 2. The van der Waals surface area contributed by atoms with Crippen LogP contribution in [0.3, 0.4) is 0 Å². The number of nitrogens with one attached hydrogen (secondary N) is 2. The number of benzene rings is 3. The SMILES string of the molecule is O=C(CCl)Nc1ccc2c(c1NC(=O)c1ccc(Cl)cc1)C(=O)c1ccccc1C2=O. The lowest BCUT2D eigenvalue weighted by Crippen LogP contribution is -2.25. The molecule has 0 aromatic heterocycles. The van der Waals surface area contributed by atoms with Gasteiger partial charge >= 0.3 is 0 Å². The minimum absolute atomic E-state index is 0.0124. The average Bonchev–Trinajstić information content (AvgIpc) is 2.78. The zero-order valence-corrected chi connectivity index (χ0v) is 17.4. The normalized spacial score (nSPS) is 12.1. The highest BCUT2D eigenvalue weighted by Gasteiger charge is 2.33. The van der Waals surface area contributed by atoms with E-state index < -0.39 is 17.6 Å². The second kappa shape index (κ2) is 8.34. The first kappa shape index (κ1) is 20.8. The molecule has 1 aliphatic carbocycles. The molecule has 0 heterocycles. The molecule has 1 aliphatic rings. The summed E-state index contributed by atoms with van der Waals surface area (Å²) in [4.78, 5) is 51.1. The van der Waals surface area contributed by atoms with Crippen molar-refractivity contribution in [1.29, 1.82) is 0 Å². The molecular weight excluding hydrogens is 439 g/mol. The van der Waals surface area contributed by atoms with Gasteiger partial charge in [-0.1, -0.05) is 35.9 Å². The summed E-state index contributed by atoms with van der Waals surface area (Å²) >= 11 is 11.5. The first-order valence-electron chi connectivity index (χ1n) is 9.19. The van der Waals surface area contributed by atoms with Crippen LogP contribution in [0.1, 0.15) is 42.2 Å². The Morgan fingerprint density at radius 1 is 0.774 bits per heavy atom. The Hall–Kier alpha value is -3.48. The van der Waals surface area contributed by atoms with E-state index in [0.29, 0.717) is 5.02 Å². The Morgan fingerprint density at radius 3 is 2.06 bits per heavy atom.